The molecule has 106 valence electrons. The number of nitro benzene ring substituents is 1. The molecule has 0 N–H and O–H groups in total. The molecular weight excluding hydrogens is 276 g/mol. The summed E-state index contributed by atoms with van der Waals surface area (Å²) in [6.45, 7) is 0. The Hall–Kier alpha value is -3.13. The highest BCUT2D eigenvalue weighted by Gasteiger charge is 2.38. The smallest absolute Gasteiger partial charge is 0.410 e. The van der Waals surface area contributed by atoms with Crippen LogP contribution in [0.3, 0.4) is 0 Å². The fraction of sp³-hybridized carbons (Fsp3) is 0.308. The number of rotatable bonds is 2. The zero-order chi connectivity index (χ0) is 15.4. The summed E-state index contributed by atoms with van der Waals surface area (Å²) in [5.74, 6) is 0.117. The van der Waals surface area contributed by atoms with Gasteiger partial charge in [0.15, 0.2) is 0 Å². The molecule has 1 aromatic carbocycles. The Morgan fingerprint density at radius 2 is 1.76 bits per heavy atom. The van der Waals surface area contributed by atoms with Gasteiger partial charge in [-0.25, -0.2) is 4.79 Å². The van der Waals surface area contributed by atoms with Crippen molar-refractivity contribution in [2.75, 3.05) is 0 Å². The summed E-state index contributed by atoms with van der Waals surface area (Å²) in [7, 11) is 0. The number of nitrogens with zero attached hydrogens (tertiary/aromatic N) is 4. The SMILES string of the molecule is N#C[C@@H]1CC[C@@H](C#N)N1C(=O)Oc1ccc([N+](=O)[O-])cc1. The summed E-state index contributed by atoms with van der Waals surface area (Å²) in [5.41, 5.74) is -0.124. The van der Waals surface area contributed by atoms with Gasteiger partial charge in [0.25, 0.3) is 5.69 Å². The number of likely N-dealkylation sites (tertiary alicyclic amines) is 1. The number of hydrogen-bond acceptors (Lipinski definition) is 6. The first-order chi connectivity index (χ1) is 10.1. The number of carbonyl (C=O) groups excluding carboxylic acids is 1. The number of hydrogen-bond donors (Lipinski definition) is 0. The van der Waals surface area contributed by atoms with E-state index in [4.69, 9.17) is 15.3 Å². The van der Waals surface area contributed by atoms with Gasteiger partial charge in [-0.2, -0.15) is 10.5 Å². The van der Waals surface area contributed by atoms with Gasteiger partial charge >= 0.3 is 6.09 Å². The second-order valence-electron chi connectivity index (χ2n) is 4.39. The maximum Gasteiger partial charge on any atom is 0.417 e. The highest BCUT2D eigenvalue weighted by molar-refractivity contribution is 5.73. The molecule has 0 spiro atoms. The fourth-order valence-electron chi connectivity index (χ4n) is 2.11. The predicted molar refractivity (Wildman–Crippen MR) is 69.0 cm³/mol. The van der Waals surface area contributed by atoms with E-state index in [0.29, 0.717) is 12.8 Å². The van der Waals surface area contributed by atoms with Gasteiger partial charge in [-0.15, -0.1) is 0 Å². The molecule has 8 nitrogen and oxygen atoms in total. The van der Waals surface area contributed by atoms with E-state index in [2.05, 4.69) is 0 Å². The van der Waals surface area contributed by atoms with Crippen LogP contribution < -0.4 is 4.74 Å². The van der Waals surface area contributed by atoms with E-state index in [-0.39, 0.29) is 11.4 Å². The fourth-order valence-corrected chi connectivity index (χ4v) is 2.11. The third-order valence-corrected chi connectivity index (χ3v) is 3.15. The van der Waals surface area contributed by atoms with Crippen molar-refractivity contribution in [1.82, 2.24) is 4.90 Å². The molecule has 0 radical (unpaired) electrons. The van der Waals surface area contributed by atoms with Gasteiger partial charge in [-0.3, -0.25) is 15.0 Å². The van der Waals surface area contributed by atoms with Gasteiger partial charge in [0.05, 0.1) is 17.1 Å². The van der Waals surface area contributed by atoms with Gasteiger partial charge in [0.2, 0.25) is 0 Å². The molecule has 2 atom stereocenters. The number of nitro groups is 1. The van der Waals surface area contributed by atoms with Crippen molar-refractivity contribution in [1.29, 1.82) is 10.5 Å². The molecule has 0 aliphatic carbocycles. The van der Waals surface area contributed by atoms with Crippen LogP contribution in [0.4, 0.5) is 10.5 Å². The van der Waals surface area contributed by atoms with E-state index >= 15 is 0 Å². The lowest BCUT2D eigenvalue weighted by Crippen LogP contribution is -2.41. The van der Waals surface area contributed by atoms with E-state index < -0.39 is 23.1 Å². The van der Waals surface area contributed by atoms with Crippen LogP contribution in [0.5, 0.6) is 5.75 Å². The van der Waals surface area contributed by atoms with Gasteiger partial charge in [-0.05, 0) is 25.0 Å². The topological polar surface area (TPSA) is 120 Å². The molecule has 1 aromatic rings. The number of amides is 1. The highest BCUT2D eigenvalue weighted by atomic mass is 16.6. The van der Waals surface area contributed by atoms with Crippen molar-refractivity contribution in [2.24, 2.45) is 0 Å². The molecule has 1 aliphatic heterocycles. The number of non-ortho nitro benzene ring substituents is 1. The maximum absolute atomic E-state index is 12.0. The average Bonchev–Trinajstić information content (AvgIpc) is 2.90. The van der Waals surface area contributed by atoms with Gasteiger partial charge < -0.3 is 4.74 Å². The van der Waals surface area contributed by atoms with Gasteiger partial charge in [-0.1, -0.05) is 0 Å². The molecule has 0 bridgehead atoms. The van der Waals surface area contributed by atoms with Crippen molar-refractivity contribution < 1.29 is 14.5 Å². The molecule has 1 amide bonds. The number of benzene rings is 1. The average molecular weight is 286 g/mol. The second kappa shape index (κ2) is 5.88. The molecule has 8 heteroatoms. The molecule has 2 rings (SSSR count). The summed E-state index contributed by atoms with van der Waals surface area (Å²) in [6.07, 6.45) is 0.0354. The first-order valence-electron chi connectivity index (χ1n) is 6.10. The molecule has 0 saturated carbocycles. The Kier molecular flexibility index (Phi) is 4.00. The van der Waals surface area contributed by atoms with E-state index in [1.165, 1.54) is 24.3 Å². The Morgan fingerprint density at radius 3 is 2.19 bits per heavy atom. The van der Waals surface area contributed by atoms with Crippen LogP contribution in [-0.4, -0.2) is 28.0 Å². The van der Waals surface area contributed by atoms with Crippen LogP contribution in [0.1, 0.15) is 12.8 Å². The van der Waals surface area contributed by atoms with E-state index in [0.717, 1.165) is 4.90 Å². The summed E-state index contributed by atoms with van der Waals surface area (Å²) in [5, 5.41) is 28.5. The molecule has 1 heterocycles. The van der Waals surface area contributed by atoms with Crippen molar-refractivity contribution in [2.45, 2.75) is 24.9 Å². The lowest BCUT2D eigenvalue weighted by atomic mass is 10.2. The van der Waals surface area contributed by atoms with Crippen LogP contribution in [0.2, 0.25) is 0 Å². The van der Waals surface area contributed by atoms with Crippen molar-refractivity contribution in [3.8, 4) is 17.9 Å². The van der Waals surface area contributed by atoms with Crippen LogP contribution in [0.25, 0.3) is 0 Å². The lowest BCUT2D eigenvalue weighted by Gasteiger charge is -2.21. The predicted octanol–water partition coefficient (Wildman–Crippen LogP) is 1.97. The van der Waals surface area contributed by atoms with Crippen LogP contribution in [0, 0.1) is 32.8 Å². The Labute approximate surface area is 119 Å². The quantitative estimate of drug-likeness (QED) is 0.605. The first kappa shape index (κ1) is 14.3. The standard InChI is InChI=1S/C13H10N4O4/c14-7-10-1-2-11(8-15)16(10)13(18)21-12-5-3-9(4-6-12)17(19)20/h3-6,10-11H,1-2H2/t10-,11-/m0/s1. The monoisotopic (exact) mass is 286 g/mol. The first-order valence-corrected chi connectivity index (χ1v) is 6.10. The Morgan fingerprint density at radius 1 is 1.24 bits per heavy atom. The minimum atomic E-state index is -0.806. The van der Waals surface area contributed by atoms with Gasteiger partial charge in [0.1, 0.15) is 17.8 Å². The molecule has 1 fully saturated rings. The largest absolute Gasteiger partial charge is 0.417 e. The Bertz CT molecular complexity index is 622. The summed E-state index contributed by atoms with van der Waals surface area (Å²) >= 11 is 0. The molecule has 0 aromatic heterocycles. The zero-order valence-electron chi connectivity index (χ0n) is 10.8. The summed E-state index contributed by atoms with van der Waals surface area (Å²) < 4.78 is 5.06. The lowest BCUT2D eigenvalue weighted by molar-refractivity contribution is -0.384. The minimum absolute atomic E-state index is 0.117. The van der Waals surface area contributed by atoms with Crippen LogP contribution in [0.15, 0.2) is 24.3 Å². The van der Waals surface area contributed by atoms with Crippen molar-refractivity contribution in [3.63, 3.8) is 0 Å². The molecule has 1 aliphatic rings. The zero-order valence-corrected chi connectivity index (χ0v) is 10.8. The molecule has 0 unspecified atom stereocenters. The summed E-state index contributed by atoms with van der Waals surface area (Å²) in [4.78, 5) is 23.1. The molecular formula is C13H10N4O4. The molecule has 1 saturated heterocycles. The van der Waals surface area contributed by atoms with Crippen LogP contribution >= 0.6 is 0 Å². The number of nitriles is 2. The normalized spacial score (nSPS) is 20.4. The van der Waals surface area contributed by atoms with Crippen LogP contribution in [-0.2, 0) is 0 Å². The van der Waals surface area contributed by atoms with E-state index in [1.54, 1.807) is 0 Å². The second-order valence-corrected chi connectivity index (χ2v) is 4.39. The highest BCUT2D eigenvalue weighted by Crippen LogP contribution is 2.25. The number of ether oxygens (including phenoxy) is 1. The number of carbonyl (C=O) groups is 1. The van der Waals surface area contributed by atoms with Gasteiger partial charge in [0, 0.05) is 12.1 Å². The minimum Gasteiger partial charge on any atom is -0.410 e. The van der Waals surface area contributed by atoms with Crippen molar-refractivity contribution >= 4 is 11.8 Å². The summed E-state index contributed by atoms with van der Waals surface area (Å²) in [6, 6.07) is 7.50. The Balaban J connectivity index is 2.12. The van der Waals surface area contributed by atoms with E-state index in [1.807, 2.05) is 12.1 Å². The van der Waals surface area contributed by atoms with E-state index in [9.17, 15) is 14.9 Å². The third-order valence-electron chi connectivity index (χ3n) is 3.15. The molecule has 21 heavy (non-hydrogen) atoms. The maximum atomic E-state index is 12.0. The third kappa shape index (κ3) is 2.90. The van der Waals surface area contributed by atoms with Crippen molar-refractivity contribution in [3.05, 3.63) is 34.4 Å².